The highest BCUT2D eigenvalue weighted by atomic mass is 16.4. The van der Waals surface area contributed by atoms with Gasteiger partial charge in [-0.1, -0.05) is 31.5 Å². The Morgan fingerprint density at radius 2 is 1.65 bits per heavy atom. The lowest BCUT2D eigenvalue weighted by Crippen LogP contribution is -2.43. The summed E-state index contributed by atoms with van der Waals surface area (Å²) < 4.78 is 0. The molecule has 1 saturated heterocycles. The summed E-state index contributed by atoms with van der Waals surface area (Å²) in [5, 5.41) is 9.34. The molecule has 142 valence electrons. The fraction of sp³-hybridized carbons (Fsp3) is 0.636. The molecule has 1 N–H and O–H groups in total. The minimum absolute atomic E-state index is 0.238. The molecule has 4 nitrogen and oxygen atoms in total. The Hall–Kier alpha value is -1.84. The van der Waals surface area contributed by atoms with Crippen LogP contribution in [0.2, 0.25) is 0 Å². The van der Waals surface area contributed by atoms with Crippen molar-refractivity contribution >= 4 is 11.9 Å². The number of carbonyl (C=O) groups is 2. The van der Waals surface area contributed by atoms with Gasteiger partial charge in [0.15, 0.2) is 0 Å². The SMILES string of the molecule is CCC1CCC(C(=O)N2CCC(Cc3ccccc3C(=O)O)CC2)CC1. The maximum Gasteiger partial charge on any atom is 0.335 e. The Morgan fingerprint density at radius 1 is 1.00 bits per heavy atom. The highest BCUT2D eigenvalue weighted by Gasteiger charge is 2.31. The molecule has 1 aliphatic heterocycles. The number of benzene rings is 1. The smallest absolute Gasteiger partial charge is 0.335 e. The molecular formula is C22H31NO3. The van der Waals surface area contributed by atoms with Crippen molar-refractivity contribution in [2.24, 2.45) is 17.8 Å². The number of hydrogen-bond donors (Lipinski definition) is 1. The number of hydrogen-bond acceptors (Lipinski definition) is 2. The first-order chi connectivity index (χ1) is 12.6. The van der Waals surface area contributed by atoms with E-state index in [1.165, 1.54) is 19.3 Å². The van der Waals surface area contributed by atoms with Crippen molar-refractivity contribution in [1.29, 1.82) is 0 Å². The van der Waals surface area contributed by atoms with Gasteiger partial charge in [0.05, 0.1) is 5.56 Å². The average Bonchev–Trinajstić information content (AvgIpc) is 2.68. The first-order valence-electron chi connectivity index (χ1n) is 10.2. The maximum atomic E-state index is 12.8. The summed E-state index contributed by atoms with van der Waals surface area (Å²) in [6, 6.07) is 7.30. The van der Waals surface area contributed by atoms with Crippen molar-refractivity contribution in [3.05, 3.63) is 35.4 Å². The van der Waals surface area contributed by atoms with Gasteiger partial charge in [-0.2, -0.15) is 0 Å². The van der Waals surface area contributed by atoms with Crippen molar-refractivity contribution in [3.8, 4) is 0 Å². The Bertz CT molecular complexity index is 626. The number of carboxylic acid groups (broad SMARTS) is 1. The largest absolute Gasteiger partial charge is 0.478 e. The molecule has 1 aromatic rings. The summed E-state index contributed by atoms with van der Waals surface area (Å²) >= 11 is 0. The second-order valence-electron chi connectivity index (χ2n) is 8.06. The minimum atomic E-state index is -0.851. The van der Waals surface area contributed by atoms with Crippen LogP contribution >= 0.6 is 0 Å². The van der Waals surface area contributed by atoms with E-state index in [4.69, 9.17) is 0 Å². The van der Waals surface area contributed by atoms with E-state index >= 15 is 0 Å². The first-order valence-corrected chi connectivity index (χ1v) is 10.2. The lowest BCUT2D eigenvalue weighted by atomic mass is 9.80. The van der Waals surface area contributed by atoms with Gasteiger partial charge in [0.2, 0.25) is 5.91 Å². The standard InChI is InChI=1S/C22H31NO3/c1-2-16-7-9-18(10-8-16)21(24)23-13-11-17(12-14-23)15-19-5-3-4-6-20(19)22(25)26/h3-6,16-18H,2,7-15H2,1H3,(H,25,26). The molecule has 1 saturated carbocycles. The highest BCUT2D eigenvalue weighted by molar-refractivity contribution is 5.89. The van der Waals surface area contributed by atoms with E-state index in [-0.39, 0.29) is 5.92 Å². The molecule has 0 bridgehead atoms. The fourth-order valence-corrected chi connectivity index (χ4v) is 4.65. The maximum absolute atomic E-state index is 12.8. The van der Waals surface area contributed by atoms with Crippen LogP contribution in [0.1, 0.15) is 67.8 Å². The Morgan fingerprint density at radius 3 is 2.27 bits per heavy atom. The van der Waals surface area contributed by atoms with Crippen molar-refractivity contribution in [3.63, 3.8) is 0 Å². The van der Waals surface area contributed by atoms with Gasteiger partial charge in [0.1, 0.15) is 0 Å². The van der Waals surface area contributed by atoms with Gasteiger partial charge >= 0.3 is 5.97 Å². The van der Waals surface area contributed by atoms with E-state index in [1.54, 1.807) is 12.1 Å². The van der Waals surface area contributed by atoms with Crippen molar-refractivity contribution in [1.82, 2.24) is 4.90 Å². The van der Waals surface area contributed by atoms with Crippen LogP contribution in [0, 0.1) is 17.8 Å². The third-order valence-electron chi connectivity index (χ3n) is 6.46. The zero-order valence-electron chi connectivity index (χ0n) is 15.8. The van der Waals surface area contributed by atoms with E-state index in [1.807, 2.05) is 12.1 Å². The summed E-state index contributed by atoms with van der Waals surface area (Å²) in [7, 11) is 0. The van der Waals surface area contributed by atoms with E-state index in [0.717, 1.165) is 56.7 Å². The lowest BCUT2D eigenvalue weighted by Gasteiger charge is -2.36. The molecule has 1 heterocycles. The molecule has 2 fully saturated rings. The number of aromatic carboxylic acids is 1. The van der Waals surface area contributed by atoms with Crippen LogP contribution in [0.3, 0.4) is 0 Å². The molecule has 0 atom stereocenters. The van der Waals surface area contributed by atoms with Gasteiger partial charge in [0, 0.05) is 19.0 Å². The van der Waals surface area contributed by atoms with Crippen molar-refractivity contribution in [2.75, 3.05) is 13.1 Å². The van der Waals surface area contributed by atoms with E-state index in [0.29, 0.717) is 17.4 Å². The molecular weight excluding hydrogens is 326 g/mol. The van der Waals surface area contributed by atoms with Gasteiger partial charge in [0.25, 0.3) is 0 Å². The minimum Gasteiger partial charge on any atom is -0.478 e. The zero-order valence-corrected chi connectivity index (χ0v) is 15.8. The molecule has 26 heavy (non-hydrogen) atoms. The quantitative estimate of drug-likeness (QED) is 0.850. The fourth-order valence-electron chi connectivity index (χ4n) is 4.65. The van der Waals surface area contributed by atoms with Gasteiger partial charge in [-0.15, -0.1) is 0 Å². The predicted molar refractivity (Wildman–Crippen MR) is 102 cm³/mol. The molecule has 4 heteroatoms. The van der Waals surface area contributed by atoms with E-state index < -0.39 is 5.97 Å². The van der Waals surface area contributed by atoms with Gasteiger partial charge < -0.3 is 10.0 Å². The molecule has 2 aliphatic rings. The zero-order chi connectivity index (χ0) is 18.5. The molecule has 1 amide bonds. The van der Waals surface area contributed by atoms with E-state index in [2.05, 4.69) is 11.8 Å². The summed E-state index contributed by atoms with van der Waals surface area (Å²) in [4.78, 5) is 26.2. The summed E-state index contributed by atoms with van der Waals surface area (Å²) in [6.07, 6.45) is 8.52. The Balaban J connectivity index is 1.50. The molecule has 1 aliphatic carbocycles. The van der Waals surface area contributed by atoms with Crippen LogP contribution in [0.4, 0.5) is 0 Å². The lowest BCUT2D eigenvalue weighted by molar-refractivity contribution is -0.138. The normalized spacial score (nSPS) is 24.4. The van der Waals surface area contributed by atoms with E-state index in [9.17, 15) is 14.7 Å². The van der Waals surface area contributed by atoms with Crippen LogP contribution in [0.25, 0.3) is 0 Å². The van der Waals surface area contributed by atoms with Crippen LogP contribution in [0.5, 0.6) is 0 Å². The van der Waals surface area contributed by atoms with Crippen LogP contribution in [0.15, 0.2) is 24.3 Å². The first kappa shape index (κ1) is 18.9. The number of nitrogens with zero attached hydrogens (tertiary/aromatic N) is 1. The molecule has 3 rings (SSSR count). The third kappa shape index (κ3) is 4.46. The topological polar surface area (TPSA) is 57.6 Å². The van der Waals surface area contributed by atoms with Gasteiger partial charge in [-0.25, -0.2) is 4.79 Å². The van der Waals surface area contributed by atoms with Crippen molar-refractivity contribution in [2.45, 2.75) is 58.3 Å². The van der Waals surface area contributed by atoms with Crippen LogP contribution < -0.4 is 0 Å². The second-order valence-corrected chi connectivity index (χ2v) is 8.06. The highest BCUT2D eigenvalue weighted by Crippen LogP contribution is 2.33. The Labute approximate surface area is 156 Å². The summed E-state index contributed by atoms with van der Waals surface area (Å²) in [6.45, 7) is 3.90. The number of carboxylic acids is 1. The number of rotatable bonds is 5. The van der Waals surface area contributed by atoms with Crippen molar-refractivity contribution < 1.29 is 14.7 Å². The molecule has 0 aromatic heterocycles. The van der Waals surface area contributed by atoms with Crippen LogP contribution in [-0.4, -0.2) is 35.0 Å². The monoisotopic (exact) mass is 357 g/mol. The predicted octanol–water partition coefficient (Wildman–Crippen LogP) is 4.38. The number of carbonyl (C=O) groups excluding carboxylic acids is 1. The van der Waals surface area contributed by atoms with Gasteiger partial charge in [-0.3, -0.25) is 4.79 Å². The molecule has 0 unspecified atom stereocenters. The molecule has 0 radical (unpaired) electrons. The van der Waals surface area contributed by atoms with Crippen LogP contribution in [-0.2, 0) is 11.2 Å². The number of amides is 1. The summed E-state index contributed by atoms with van der Waals surface area (Å²) in [5.41, 5.74) is 1.33. The molecule has 0 spiro atoms. The number of piperidine rings is 1. The summed E-state index contributed by atoms with van der Waals surface area (Å²) in [5.74, 6) is 1.04. The number of likely N-dealkylation sites (tertiary alicyclic amines) is 1. The third-order valence-corrected chi connectivity index (χ3v) is 6.46. The Kier molecular flexibility index (Phi) is 6.33. The second kappa shape index (κ2) is 8.70. The average molecular weight is 357 g/mol. The van der Waals surface area contributed by atoms with Gasteiger partial charge in [-0.05, 0) is 68.4 Å². The molecule has 1 aromatic carbocycles.